The van der Waals surface area contributed by atoms with Crippen LogP contribution in [0.2, 0.25) is 0 Å². The van der Waals surface area contributed by atoms with E-state index in [2.05, 4.69) is 34.3 Å². The van der Waals surface area contributed by atoms with Crippen molar-refractivity contribution >= 4 is 11.7 Å². The van der Waals surface area contributed by atoms with Crippen molar-refractivity contribution in [2.24, 2.45) is 11.8 Å². The van der Waals surface area contributed by atoms with Crippen molar-refractivity contribution in [2.75, 3.05) is 5.32 Å². The minimum Gasteiger partial charge on any atom is -0.489 e. The molecule has 1 aromatic carbocycles. The number of aliphatic hydroxyl groups is 2. The Morgan fingerprint density at radius 2 is 2.17 bits per heavy atom. The Bertz CT molecular complexity index is 1100. The summed E-state index contributed by atoms with van der Waals surface area (Å²) in [6.45, 7) is 3.77. The van der Waals surface area contributed by atoms with Crippen molar-refractivity contribution in [3.8, 4) is 17.6 Å². The Morgan fingerprint density at radius 3 is 2.94 bits per heavy atom. The van der Waals surface area contributed by atoms with Crippen molar-refractivity contribution in [1.29, 1.82) is 0 Å². The van der Waals surface area contributed by atoms with E-state index < -0.39 is 12.2 Å². The second kappa shape index (κ2) is 11.5. The smallest absolute Gasteiger partial charge is 0.225 e. The predicted octanol–water partition coefficient (Wildman–Crippen LogP) is 4.24. The number of amides is 1. The third-order valence-electron chi connectivity index (χ3n) is 6.99. The molecule has 0 bridgehead atoms. The highest BCUT2D eigenvalue weighted by Crippen LogP contribution is 2.52. The van der Waals surface area contributed by atoms with Gasteiger partial charge in [0, 0.05) is 42.9 Å². The van der Waals surface area contributed by atoms with Crippen LogP contribution in [0.4, 0.5) is 5.82 Å². The number of ether oxygens (including phenoxy) is 1. The van der Waals surface area contributed by atoms with Crippen LogP contribution in [0.1, 0.15) is 56.6 Å². The van der Waals surface area contributed by atoms with Crippen LogP contribution in [0.3, 0.4) is 0 Å². The number of aromatic nitrogens is 1. The molecule has 6 heteroatoms. The third-order valence-corrected chi connectivity index (χ3v) is 6.99. The fourth-order valence-electron chi connectivity index (χ4n) is 5.06. The summed E-state index contributed by atoms with van der Waals surface area (Å²) in [6.07, 6.45) is 7.25. The number of nitrogens with one attached hydrogen (secondary N) is 1. The normalized spacial score (nSPS) is 24.1. The predicted molar refractivity (Wildman–Crippen MR) is 136 cm³/mol. The number of para-hydroxylation sites is 1. The van der Waals surface area contributed by atoms with Crippen LogP contribution in [0.15, 0.2) is 54.7 Å². The molecule has 4 rings (SSSR count). The molecule has 6 nitrogen and oxygen atoms in total. The van der Waals surface area contributed by atoms with Crippen molar-refractivity contribution < 1.29 is 19.7 Å². The maximum atomic E-state index is 12.3. The molecular formula is C29H34N2O4. The molecule has 2 heterocycles. The van der Waals surface area contributed by atoms with Gasteiger partial charge in [0.15, 0.2) is 0 Å². The van der Waals surface area contributed by atoms with Gasteiger partial charge in [0.25, 0.3) is 0 Å². The number of carbonyl (C=O) groups is 1. The molecule has 1 saturated carbocycles. The van der Waals surface area contributed by atoms with E-state index >= 15 is 0 Å². The molecule has 2 aliphatic rings. The highest BCUT2D eigenvalue weighted by atomic mass is 16.5. The molecule has 1 aromatic heterocycles. The first-order chi connectivity index (χ1) is 17.0. The molecule has 184 valence electrons. The van der Waals surface area contributed by atoms with Crippen LogP contribution in [0.25, 0.3) is 0 Å². The summed E-state index contributed by atoms with van der Waals surface area (Å²) in [6, 6.07) is 11.6. The molecule has 1 aliphatic heterocycles. The molecule has 35 heavy (non-hydrogen) atoms. The number of carbonyl (C=O) groups excluding carboxylic acids is 1. The minimum absolute atomic E-state index is 0.0293. The molecule has 1 fully saturated rings. The van der Waals surface area contributed by atoms with Crippen LogP contribution in [-0.4, -0.2) is 39.4 Å². The fraction of sp³-hybridized carbons (Fsp3) is 0.448. The zero-order valence-corrected chi connectivity index (χ0v) is 20.4. The van der Waals surface area contributed by atoms with Crippen LogP contribution in [-0.2, 0) is 11.2 Å². The van der Waals surface area contributed by atoms with Crippen LogP contribution >= 0.6 is 0 Å². The molecule has 0 unspecified atom stereocenters. The van der Waals surface area contributed by atoms with Gasteiger partial charge in [-0.05, 0) is 43.4 Å². The van der Waals surface area contributed by atoms with E-state index in [9.17, 15) is 15.0 Å². The van der Waals surface area contributed by atoms with E-state index in [1.54, 1.807) is 25.3 Å². The van der Waals surface area contributed by atoms with E-state index in [1.165, 1.54) is 0 Å². The van der Waals surface area contributed by atoms with Crippen molar-refractivity contribution in [1.82, 2.24) is 4.98 Å². The number of hydrogen-bond donors (Lipinski definition) is 3. The fourth-order valence-corrected chi connectivity index (χ4v) is 5.06. The Morgan fingerprint density at radius 1 is 1.31 bits per heavy atom. The quantitative estimate of drug-likeness (QED) is 0.374. The molecule has 0 spiro atoms. The van der Waals surface area contributed by atoms with Gasteiger partial charge in [0.1, 0.15) is 17.7 Å². The highest BCUT2D eigenvalue weighted by Gasteiger charge is 2.48. The molecule has 2 aromatic rings. The Kier molecular flexibility index (Phi) is 8.22. The number of anilines is 1. The third kappa shape index (κ3) is 5.93. The molecular weight excluding hydrogens is 440 g/mol. The Labute approximate surface area is 207 Å². The summed E-state index contributed by atoms with van der Waals surface area (Å²) >= 11 is 0. The zero-order chi connectivity index (χ0) is 24.8. The maximum absolute atomic E-state index is 12.3. The summed E-state index contributed by atoms with van der Waals surface area (Å²) in [5.41, 5.74) is 2.20. The standard InChI is InChI=1S/C29H34N2O4/c1-3-4-9-19(2)23(32)16-15-21-24(33)18-25-28(21)22-12-7-10-20(29(22)35-25)11-8-14-27(34)31-26-13-5-6-17-30-26/h5-7,10,12-13,15-17,19,21,23-25,28,32-33H,8-9,11,14,18H2,1-2H3,(H,30,31,34)/b16-15+/t19-,21+,23-,24-,25+,28+/m1/s1. The average Bonchev–Trinajstić information content (AvgIpc) is 3.36. The lowest BCUT2D eigenvalue weighted by atomic mass is 9.86. The first kappa shape index (κ1) is 25.0. The lowest BCUT2D eigenvalue weighted by molar-refractivity contribution is -0.116. The summed E-state index contributed by atoms with van der Waals surface area (Å²) in [5.74, 6) is 7.26. The number of aryl methyl sites for hydroxylation is 1. The highest BCUT2D eigenvalue weighted by molar-refractivity contribution is 5.89. The van der Waals surface area contributed by atoms with E-state index in [1.807, 2.05) is 31.2 Å². The largest absolute Gasteiger partial charge is 0.489 e. The number of benzene rings is 1. The molecule has 1 aliphatic carbocycles. The lowest BCUT2D eigenvalue weighted by Crippen LogP contribution is -2.19. The van der Waals surface area contributed by atoms with E-state index in [-0.39, 0.29) is 29.8 Å². The number of nitrogens with zero attached hydrogens (tertiary/aromatic N) is 1. The summed E-state index contributed by atoms with van der Waals surface area (Å²) in [4.78, 5) is 16.4. The number of rotatable bonds is 9. The van der Waals surface area contributed by atoms with Gasteiger partial charge >= 0.3 is 0 Å². The number of hydrogen-bond acceptors (Lipinski definition) is 5. The summed E-state index contributed by atoms with van der Waals surface area (Å²) < 4.78 is 6.34. The maximum Gasteiger partial charge on any atom is 0.225 e. The molecule has 6 atom stereocenters. The topological polar surface area (TPSA) is 91.7 Å². The molecule has 0 radical (unpaired) electrons. The SMILES string of the molecule is CC#CC[C@@H](C)[C@H](O)/C=C/[C@@H]1[C@H]2c3cccc(CCCC(=O)Nc4ccccn4)c3O[C@H]2C[C@H]1O. The van der Waals surface area contributed by atoms with Gasteiger partial charge in [0.05, 0.1) is 12.2 Å². The molecule has 1 amide bonds. The zero-order valence-electron chi connectivity index (χ0n) is 20.4. The monoisotopic (exact) mass is 474 g/mol. The van der Waals surface area contributed by atoms with Gasteiger partial charge in [-0.2, -0.15) is 0 Å². The molecule has 3 N–H and O–H groups in total. The van der Waals surface area contributed by atoms with Crippen LogP contribution < -0.4 is 10.1 Å². The van der Waals surface area contributed by atoms with Gasteiger partial charge in [0.2, 0.25) is 5.91 Å². The van der Waals surface area contributed by atoms with Gasteiger partial charge in [-0.3, -0.25) is 4.79 Å². The van der Waals surface area contributed by atoms with Crippen molar-refractivity contribution in [3.05, 3.63) is 65.9 Å². The summed E-state index contributed by atoms with van der Waals surface area (Å²) in [7, 11) is 0. The first-order valence-electron chi connectivity index (χ1n) is 12.4. The second-order valence-electron chi connectivity index (χ2n) is 9.50. The molecule has 0 saturated heterocycles. The van der Waals surface area contributed by atoms with Crippen LogP contribution in [0.5, 0.6) is 5.75 Å². The second-order valence-corrected chi connectivity index (χ2v) is 9.50. The van der Waals surface area contributed by atoms with E-state index in [0.717, 1.165) is 23.3 Å². The number of pyridine rings is 1. The summed E-state index contributed by atoms with van der Waals surface area (Å²) in [5, 5.41) is 24.0. The minimum atomic E-state index is -0.604. The average molecular weight is 475 g/mol. The van der Waals surface area contributed by atoms with Gasteiger partial charge in [-0.25, -0.2) is 4.98 Å². The van der Waals surface area contributed by atoms with Gasteiger partial charge in [-0.1, -0.05) is 43.3 Å². The lowest BCUT2D eigenvalue weighted by Gasteiger charge is -2.19. The van der Waals surface area contributed by atoms with Gasteiger partial charge < -0.3 is 20.3 Å². The first-order valence-corrected chi connectivity index (χ1v) is 12.4. The number of fused-ring (bicyclic) bond motifs is 3. The van der Waals surface area contributed by atoms with E-state index in [0.29, 0.717) is 31.5 Å². The van der Waals surface area contributed by atoms with Crippen molar-refractivity contribution in [2.45, 2.75) is 70.2 Å². The number of aliphatic hydroxyl groups excluding tert-OH is 2. The Balaban J connectivity index is 1.39. The Hall–Kier alpha value is -3.14. The van der Waals surface area contributed by atoms with Gasteiger partial charge in [-0.15, -0.1) is 11.8 Å². The van der Waals surface area contributed by atoms with Crippen LogP contribution in [0, 0.1) is 23.7 Å². The van der Waals surface area contributed by atoms with E-state index in [4.69, 9.17) is 4.74 Å². The van der Waals surface area contributed by atoms with Crippen molar-refractivity contribution in [3.63, 3.8) is 0 Å².